The van der Waals surface area contributed by atoms with Crippen molar-refractivity contribution in [2.45, 2.75) is 24.0 Å². The molecule has 188 valence electrons. The molecule has 2 atom stereocenters. The van der Waals surface area contributed by atoms with Crippen LogP contribution in [0.2, 0.25) is 0 Å². The number of nitrogens with zero attached hydrogens (tertiary/aromatic N) is 1. The number of hydrogen-bond acceptors (Lipinski definition) is 7. The van der Waals surface area contributed by atoms with E-state index < -0.39 is 22.0 Å². The molecular weight excluding hydrogens is 484 g/mol. The minimum Gasteiger partial charge on any atom is -0.497 e. The zero-order chi connectivity index (χ0) is 25.3. The highest BCUT2D eigenvalue weighted by molar-refractivity contribution is 7.92. The third-order valence-electron chi connectivity index (χ3n) is 6.00. The standard InChI is InChI=1S/C26H26N2O7S/c1-17-7-12-22-21(13-17)28(36(30,31)20-10-8-18(32-2)9-11-20)15-25(35-22)26(29)27-14-19-16-33-23-5-3-4-6-24(23)34-19/h3-13,19,25H,14-16H2,1-2H3,(H,27,29)/t19-,25+/m1/s1. The topological polar surface area (TPSA) is 103 Å². The Morgan fingerprint density at radius 1 is 1.03 bits per heavy atom. The number of anilines is 1. The van der Waals surface area contributed by atoms with Gasteiger partial charge in [-0.25, -0.2) is 8.42 Å². The van der Waals surface area contributed by atoms with Gasteiger partial charge in [-0.2, -0.15) is 0 Å². The Balaban J connectivity index is 1.34. The minimum atomic E-state index is -3.98. The van der Waals surface area contributed by atoms with E-state index in [1.165, 1.54) is 23.5 Å². The lowest BCUT2D eigenvalue weighted by Gasteiger charge is -2.35. The summed E-state index contributed by atoms with van der Waals surface area (Å²) in [6.07, 6.45) is -1.44. The van der Waals surface area contributed by atoms with Crippen LogP contribution in [-0.4, -0.2) is 53.3 Å². The lowest BCUT2D eigenvalue weighted by Crippen LogP contribution is -2.52. The van der Waals surface area contributed by atoms with Gasteiger partial charge in [0.15, 0.2) is 17.6 Å². The van der Waals surface area contributed by atoms with E-state index >= 15 is 0 Å². The lowest BCUT2D eigenvalue weighted by atomic mass is 10.1. The summed E-state index contributed by atoms with van der Waals surface area (Å²) in [5.74, 6) is 1.68. The van der Waals surface area contributed by atoms with E-state index in [0.29, 0.717) is 28.7 Å². The first-order valence-electron chi connectivity index (χ1n) is 11.5. The number of para-hydroxylation sites is 2. The normalized spacial score (nSPS) is 18.6. The van der Waals surface area contributed by atoms with Crippen LogP contribution in [0.4, 0.5) is 5.69 Å². The van der Waals surface area contributed by atoms with Gasteiger partial charge in [0, 0.05) is 0 Å². The van der Waals surface area contributed by atoms with Crippen molar-refractivity contribution in [2.24, 2.45) is 0 Å². The molecule has 2 aliphatic heterocycles. The summed E-state index contributed by atoms with van der Waals surface area (Å²) in [5, 5.41) is 2.81. The number of methoxy groups -OCH3 is 1. The van der Waals surface area contributed by atoms with Gasteiger partial charge in [-0.15, -0.1) is 0 Å². The summed E-state index contributed by atoms with van der Waals surface area (Å²) in [6, 6.07) is 18.7. The summed E-state index contributed by atoms with van der Waals surface area (Å²) < 4.78 is 51.1. The SMILES string of the molecule is COc1ccc(S(=O)(=O)N2C[C@@H](C(=O)NC[C@@H]3COc4ccccc4O3)Oc3ccc(C)cc32)cc1. The van der Waals surface area contributed by atoms with Crippen LogP contribution in [0.25, 0.3) is 0 Å². The summed E-state index contributed by atoms with van der Waals surface area (Å²) in [5.41, 5.74) is 1.25. The Hall–Kier alpha value is -3.92. The maximum atomic E-state index is 13.6. The number of aryl methyl sites for hydroxylation is 1. The number of nitrogens with one attached hydrogen (secondary N) is 1. The van der Waals surface area contributed by atoms with Crippen molar-refractivity contribution < 1.29 is 32.2 Å². The van der Waals surface area contributed by atoms with E-state index in [1.54, 1.807) is 30.3 Å². The third kappa shape index (κ3) is 4.64. The molecule has 3 aromatic rings. The minimum absolute atomic E-state index is 0.0863. The predicted octanol–water partition coefficient (Wildman–Crippen LogP) is 2.92. The van der Waals surface area contributed by atoms with Crippen molar-refractivity contribution in [1.82, 2.24) is 5.32 Å². The molecule has 1 N–H and O–H groups in total. The predicted molar refractivity (Wildman–Crippen MR) is 132 cm³/mol. The fraction of sp³-hybridized carbons (Fsp3) is 0.269. The van der Waals surface area contributed by atoms with Crippen LogP contribution in [0.5, 0.6) is 23.0 Å². The van der Waals surface area contributed by atoms with Crippen LogP contribution in [0.3, 0.4) is 0 Å². The fourth-order valence-corrected chi connectivity index (χ4v) is 5.56. The number of fused-ring (bicyclic) bond motifs is 2. The molecule has 1 amide bonds. The smallest absolute Gasteiger partial charge is 0.264 e. The molecule has 0 aliphatic carbocycles. The van der Waals surface area contributed by atoms with Crippen LogP contribution in [0.1, 0.15) is 5.56 Å². The molecule has 2 aliphatic rings. The second-order valence-corrected chi connectivity index (χ2v) is 10.4. The Morgan fingerprint density at radius 3 is 2.53 bits per heavy atom. The second-order valence-electron chi connectivity index (χ2n) is 8.53. The maximum absolute atomic E-state index is 13.6. The molecule has 0 aromatic heterocycles. The lowest BCUT2D eigenvalue weighted by molar-refractivity contribution is -0.128. The van der Waals surface area contributed by atoms with Crippen molar-refractivity contribution in [3.63, 3.8) is 0 Å². The summed E-state index contributed by atoms with van der Waals surface area (Å²) in [6.45, 7) is 2.14. The Labute approximate surface area is 209 Å². The molecule has 2 heterocycles. The van der Waals surface area contributed by atoms with Gasteiger partial charge in [0.05, 0.1) is 30.8 Å². The molecule has 0 bridgehead atoms. The van der Waals surface area contributed by atoms with Gasteiger partial charge in [0.25, 0.3) is 15.9 Å². The van der Waals surface area contributed by atoms with Gasteiger partial charge in [0.1, 0.15) is 24.2 Å². The molecule has 0 fully saturated rings. The van der Waals surface area contributed by atoms with Gasteiger partial charge in [-0.1, -0.05) is 18.2 Å². The molecule has 9 nitrogen and oxygen atoms in total. The van der Waals surface area contributed by atoms with Crippen LogP contribution in [-0.2, 0) is 14.8 Å². The average molecular weight is 511 g/mol. The van der Waals surface area contributed by atoms with Gasteiger partial charge in [-0.3, -0.25) is 9.10 Å². The third-order valence-corrected chi connectivity index (χ3v) is 7.79. The van der Waals surface area contributed by atoms with Crippen LogP contribution >= 0.6 is 0 Å². The van der Waals surface area contributed by atoms with Crippen molar-refractivity contribution in [3.8, 4) is 23.0 Å². The first-order valence-corrected chi connectivity index (χ1v) is 12.9. The number of rotatable bonds is 6. The van der Waals surface area contributed by atoms with Crippen molar-refractivity contribution >= 4 is 21.6 Å². The van der Waals surface area contributed by atoms with E-state index in [1.807, 2.05) is 31.2 Å². The summed E-state index contributed by atoms with van der Waals surface area (Å²) in [7, 11) is -2.47. The molecule has 0 radical (unpaired) electrons. The highest BCUT2D eigenvalue weighted by atomic mass is 32.2. The first kappa shape index (κ1) is 23.8. The largest absolute Gasteiger partial charge is 0.497 e. The van der Waals surface area contributed by atoms with Crippen molar-refractivity contribution in [1.29, 1.82) is 0 Å². The van der Waals surface area contributed by atoms with E-state index in [2.05, 4.69) is 5.32 Å². The van der Waals surface area contributed by atoms with Gasteiger partial charge >= 0.3 is 0 Å². The second kappa shape index (κ2) is 9.62. The molecule has 36 heavy (non-hydrogen) atoms. The zero-order valence-corrected chi connectivity index (χ0v) is 20.7. The fourth-order valence-electron chi connectivity index (χ4n) is 4.09. The molecule has 5 rings (SSSR count). The molecule has 0 saturated carbocycles. The monoisotopic (exact) mass is 510 g/mol. The molecule has 3 aromatic carbocycles. The number of benzene rings is 3. The zero-order valence-electron chi connectivity index (χ0n) is 19.8. The van der Waals surface area contributed by atoms with E-state index in [9.17, 15) is 13.2 Å². The van der Waals surface area contributed by atoms with Crippen LogP contribution < -0.4 is 28.6 Å². The maximum Gasteiger partial charge on any atom is 0.264 e. The summed E-state index contributed by atoms with van der Waals surface area (Å²) >= 11 is 0. The number of amides is 1. The first-order chi connectivity index (χ1) is 17.3. The van der Waals surface area contributed by atoms with E-state index in [4.69, 9.17) is 18.9 Å². The molecular formula is C26H26N2O7S. The average Bonchev–Trinajstić information content (AvgIpc) is 2.91. The van der Waals surface area contributed by atoms with E-state index in [0.717, 1.165) is 5.56 Å². The quantitative estimate of drug-likeness (QED) is 0.544. The molecule has 0 spiro atoms. The number of ether oxygens (including phenoxy) is 4. The van der Waals surface area contributed by atoms with Gasteiger partial charge < -0.3 is 24.3 Å². The van der Waals surface area contributed by atoms with Crippen molar-refractivity contribution in [3.05, 3.63) is 72.3 Å². The Bertz CT molecular complexity index is 1380. The summed E-state index contributed by atoms with van der Waals surface area (Å²) in [4.78, 5) is 13.2. The number of carbonyl (C=O) groups is 1. The van der Waals surface area contributed by atoms with Crippen LogP contribution in [0.15, 0.2) is 71.6 Å². The molecule has 0 saturated heterocycles. The Morgan fingerprint density at radius 2 is 1.78 bits per heavy atom. The number of carbonyl (C=O) groups excluding carboxylic acids is 1. The van der Waals surface area contributed by atoms with Gasteiger partial charge in [0.2, 0.25) is 0 Å². The van der Waals surface area contributed by atoms with Gasteiger partial charge in [-0.05, 0) is 61.0 Å². The van der Waals surface area contributed by atoms with Crippen molar-refractivity contribution in [2.75, 3.05) is 31.1 Å². The molecule has 0 unspecified atom stereocenters. The van der Waals surface area contributed by atoms with E-state index in [-0.39, 0.29) is 30.7 Å². The van der Waals surface area contributed by atoms with Crippen LogP contribution in [0, 0.1) is 6.92 Å². The Kier molecular flexibility index (Phi) is 6.36. The highest BCUT2D eigenvalue weighted by Gasteiger charge is 2.38. The number of sulfonamides is 1. The highest BCUT2D eigenvalue weighted by Crippen LogP contribution is 2.38. The number of hydrogen-bond donors (Lipinski definition) is 1. The molecule has 10 heteroatoms.